The van der Waals surface area contributed by atoms with Gasteiger partial charge >= 0.3 is 0 Å². The topological polar surface area (TPSA) is 40.5 Å². The summed E-state index contributed by atoms with van der Waals surface area (Å²) >= 11 is 0. The summed E-state index contributed by atoms with van der Waals surface area (Å²) in [6, 6.07) is 0. The summed E-state index contributed by atoms with van der Waals surface area (Å²) in [4.78, 5) is 0. The fourth-order valence-corrected chi connectivity index (χ4v) is 1.91. The fourth-order valence-electron chi connectivity index (χ4n) is 1.91. The monoisotopic (exact) mass is 172 g/mol. The van der Waals surface area contributed by atoms with Gasteiger partial charge in [-0.05, 0) is 24.7 Å². The molecule has 1 aliphatic carbocycles. The Morgan fingerprint density at radius 3 is 2.25 bits per heavy atom. The van der Waals surface area contributed by atoms with E-state index in [0.29, 0.717) is 6.42 Å². The van der Waals surface area contributed by atoms with Crippen LogP contribution in [0.25, 0.3) is 0 Å². The van der Waals surface area contributed by atoms with Gasteiger partial charge < -0.3 is 10.2 Å². The van der Waals surface area contributed by atoms with Crippen LogP contribution in [0, 0.1) is 5.41 Å². The molecule has 0 aromatic carbocycles. The summed E-state index contributed by atoms with van der Waals surface area (Å²) in [5.41, 5.74) is -0.779. The molecule has 1 saturated carbocycles. The fraction of sp³-hybridized carbons (Fsp3) is 1.00. The molecule has 2 N–H and O–H groups in total. The molecule has 72 valence electrons. The van der Waals surface area contributed by atoms with Gasteiger partial charge in [0.05, 0.1) is 11.7 Å². The molecule has 0 radical (unpaired) electrons. The smallest absolute Gasteiger partial charge is 0.0720 e. The Labute approximate surface area is 74.6 Å². The largest absolute Gasteiger partial charge is 0.393 e. The first-order chi connectivity index (χ1) is 5.35. The summed E-state index contributed by atoms with van der Waals surface area (Å²) < 4.78 is 0. The molecule has 1 aliphatic rings. The standard InChI is InChI=1S/C10H20O2/c1-9(2,3)10(12)6-4-5-8(11)7-10/h8,11-12H,4-7H2,1-3H3. The predicted molar refractivity (Wildman–Crippen MR) is 48.9 cm³/mol. The number of hydrogen-bond acceptors (Lipinski definition) is 2. The minimum absolute atomic E-state index is 0.117. The Morgan fingerprint density at radius 2 is 1.92 bits per heavy atom. The molecule has 1 fully saturated rings. The molecule has 0 amide bonds. The van der Waals surface area contributed by atoms with Gasteiger partial charge in [0.25, 0.3) is 0 Å². The highest BCUT2D eigenvalue weighted by Crippen LogP contribution is 2.41. The molecule has 12 heavy (non-hydrogen) atoms. The van der Waals surface area contributed by atoms with E-state index in [-0.39, 0.29) is 11.5 Å². The van der Waals surface area contributed by atoms with Crippen LogP contribution in [-0.4, -0.2) is 21.9 Å². The van der Waals surface area contributed by atoms with Gasteiger partial charge in [-0.15, -0.1) is 0 Å². The molecule has 2 atom stereocenters. The Kier molecular flexibility index (Phi) is 2.50. The second kappa shape index (κ2) is 3.00. The Morgan fingerprint density at radius 1 is 1.33 bits per heavy atom. The average molecular weight is 172 g/mol. The molecule has 0 spiro atoms. The third-order valence-electron chi connectivity index (χ3n) is 3.10. The maximum Gasteiger partial charge on any atom is 0.0720 e. The van der Waals surface area contributed by atoms with Gasteiger partial charge in [-0.3, -0.25) is 0 Å². The number of aliphatic hydroxyl groups excluding tert-OH is 1. The zero-order valence-electron chi connectivity index (χ0n) is 8.30. The van der Waals surface area contributed by atoms with E-state index in [1.807, 2.05) is 20.8 Å². The van der Waals surface area contributed by atoms with Crippen LogP contribution >= 0.6 is 0 Å². The molecule has 0 aromatic heterocycles. The maximum atomic E-state index is 10.2. The Balaban J connectivity index is 2.70. The van der Waals surface area contributed by atoms with Crippen molar-refractivity contribution in [1.82, 2.24) is 0 Å². The molecule has 0 aliphatic heterocycles. The lowest BCUT2D eigenvalue weighted by Gasteiger charge is -2.44. The summed E-state index contributed by atoms with van der Waals surface area (Å²) in [5, 5.41) is 19.7. The molecule has 1 rings (SSSR count). The number of hydrogen-bond donors (Lipinski definition) is 2. The number of aliphatic hydroxyl groups is 2. The molecular weight excluding hydrogens is 152 g/mol. The minimum atomic E-state index is -0.662. The van der Waals surface area contributed by atoms with Crippen molar-refractivity contribution in [3.05, 3.63) is 0 Å². The van der Waals surface area contributed by atoms with E-state index in [1.165, 1.54) is 0 Å². The van der Waals surface area contributed by atoms with Crippen LogP contribution in [0.1, 0.15) is 46.5 Å². The zero-order valence-corrected chi connectivity index (χ0v) is 8.30. The van der Waals surface area contributed by atoms with Crippen LogP contribution in [0.3, 0.4) is 0 Å². The van der Waals surface area contributed by atoms with Crippen LogP contribution in [0.5, 0.6) is 0 Å². The Bertz CT molecular complexity index is 160. The van der Waals surface area contributed by atoms with E-state index >= 15 is 0 Å². The quantitative estimate of drug-likeness (QED) is 0.584. The first-order valence-corrected chi connectivity index (χ1v) is 4.76. The van der Waals surface area contributed by atoms with Gasteiger partial charge in [-0.1, -0.05) is 20.8 Å². The second-order valence-electron chi connectivity index (χ2n) is 5.03. The van der Waals surface area contributed by atoms with Crippen LogP contribution < -0.4 is 0 Å². The van der Waals surface area contributed by atoms with Gasteiger partial charge in [-0.25, -0.2) is 0 Å². The van der Waals surface area contributed by atoms with Gasteiger partial charge in [0.1, 0.15) is 0 Å². The van der Waals surface area contributed by atoms with Crippen molar-refractivity contribution in [1.29, 1.82) is 0 Å². The van der Waals surface area contributed by atoms with Gasteiger partial charge in [0.2, 0.25) is 0 Å². The van der Waals surface area contributed by atoms with Gasteiger partial charge in [0.15, 0.2) is 0 Å². The highest BCUT2D eigenvalue weighted by Gasteiger charge is 2.43. The zero-order chi connectivity index (χ0) is 9.41. The average Bonchev–Trinajstić information content (AvgIpc) is 1.83. The molecule has 2 nitrogen and oxygen atoms in total. The van der Waals surface area contributed by atoms with Crippen LogP contribution in [0.15, 0.2) is 0 Å². The Hall–Kier alpha value is -0.0800. The molecular formula is C10H20O2. The molecule has 2 heteroatoms. The second-order valence-corrected chi connectivity index (χ2v) is 5.03. The molecule has 0 heterocycles. The van der Waals surface area contributed by atoms with Crippen molar-refractivity contribution in [3.63, 3.8) is 0 Å². The summed E-state index contributed by atoms with van der Waals surface area (Å²) in [5.74, 6) is 0. The molecule has 0 bridgehead atoms. The van der Waals surface area contributed by atoms with E-state index in [0.717, 1.165) is 19.3 Å². The number of rotatable bonds is 0. The minimum Gasteiger partial charge on any atom is -0.393 e. The first kappa shape index (κ1) is 10.0. The summed E-state index contributed by atoms with van der Waals surface area (Å²) in [7, 11) is 0. The van der Waals surface area contributed by atoms with E-state index < -0.39 is 5.60 Å². The lowest BCUT2D eigenvalue weighted by Crippen LogP contribution is -2.47. The summed E-state index contributed by atoms with van der Waals surface area (Å²) in [6.07, 6.45) is 2.85. The van der Waals surface area contributed by atoms with E-state index in [9.17, 15) is 10.2 Å². The predicted octanol–water partition coefficient (Wildman–Crippen LogP) is 1.70. The third kappa shape index (κ3) is 1.80. The van der Waals surface area contributed by atoms with E-state index in [1.54, 1.807) is 0 Å². The summed E-state index contributed by atoms with van der Waals surface area (Å²) in [6.45, 7) is 6.10. The van der Waals surface area contributed by atoms with E-state index in [2.05, 4.69) is 0 Å². The molecule has 0 saturated heterocycles. The lowest BCUT2D eigenvalue weighted by molar-refractivity contribution is -0.114. The van der Waals surface area contributed by atoms with Crippen molar-refractivity contribution in [2.24, 2.45) is 5.41 Å². The highest BCUT2D eigenvalue weighted by atomic mass is 16.3. The van der Waals surface area contributed by atoms with E-state index in [4.69, 9.17) is 0 Å². The van der Waals surface area contributed by atoms with Gasteiger partial charge in [0, 0.05) is 6.42 Å². The van der Waals surface area contributed by atoms with Crippen molar-refractivity contribution in [2.45, 2.75) is 58.2 Å². The van der Waals surface area contributed by atoms with Crippen molar-refractivity contribution in [3.8, 4) is 0 Å². The van der Waals surface area contributed by atoms with Gasteiger partial charge in [-0.2, -0.15) is 0 Å². The van der Waals surface area contributed by atoms with Crippen LogP contribution in [-0.2, 0) is 0 Å². The molecule has 2 unspecified atom stereocenters. The van der Waals surface area contributed by atoms with Crippen molar-refractivity contribution in [2.75, 3.05) is 0 Å². The normalized spacial score (nSPS) is 38.2. The van der Waals surface area contributed by atoms with Crippen LogP contribution in [0.4, 0.5) is 0 Å². The van der Waals surface area contributed by atoms with Crippen molar-refractivity contribution < 1.29 is 10.2 Å². The third-order valence-corrected chi connectivity index (χ3v) is 3.10. The lowest BCUT2D eigenvalue weighted by atomic mass is 9.67. The van der Waals surface area contributed by atoms with Crippen molar-refractivity contribution >= 4 is 0 Å². The first-order valence-electron chi connectivity index (χ1n) is 4.76. The molecule has 0 aromatic rings. The maximum absolute atomic E-state index is 10.2. The SMILES string of the molecule is CC(C)(C)C1(O)CCCC(O)C1. The van der Waals surface area contributed by atoms with Crippen LogP contribution in [0.2, 0.25) is 0 Å². The highest BCUT2D eigenvalue weighted by molar-refractivity contribution is 4.95.